The zero-order chi connectivity index (χ0) is 62.7. The fourth-order valence-corrected chi connectivity index (χ4v) is 16.4. The number of pyridine rings is 1. The first-order chi connectivity index (χ1) is 47.7. The molecule has 0 bridgehead atoms. The minimum absolute atomic E-state index is 0.912. The van der Waals surface area contributed by atoms with E-state index in [9.17, 15) is 0 Å². The van der Waals surface area contributed by atoms with Crippen LogP contribution in [0, 0.1) is 0 Å². The van der Waals surface area contributed by atoms with Gasteiger partial charge >= 0.3 is 0 Å². The first-order valence-corrected chi connectivity index (χ1v) is 32.9. The van der Waals surface area contributed by atoms with E-state index in [1.807, 2.05) is 6.20 Å². The molecule has 0 saturated heterocycles. The van der Waals surface area contributed by atoms with Crippen molar-refractivity contribution in [3.63, 3.8) is 0 Å². The van der Waals surface area contributed by atoms with Crippen LogP contribution in [-0.2, 0) is 0 Å². The molecule has 6 heterocycles. The summed E-state index contributed by atoms with van der Waals surface area (Å²) in [7, 11) is 0. The van der Waals surface area contributed by atoms with E-state index in [0.29, 0.717) is 0 Å². The van der Waals surface area contributed by atoms with Crippen molar-refractivity contribution in [2.24, 2.45) is 0 Å². The van der Waals surface area contributed by atoms with Crippen LogP contribution in [0.25, 0.3) is 187 Å². The summed E-state index contributed by atoms with van der Waals surface area (Å²) in [6.07, 6.45) is 1.97. The Morgan fingerprint density at radius 2 is 0.417 bits per heavy atom. The second-order valence-corrected chi connectivity index (χ2v) is 25.4. The predicted octanol–water partition coefficient (Wildman–Crippen LogP) is 23.1. The first kappa shape index (κ1) is 52.6. The number of aromatic nitrogens is 7. The highest BCUT2D eigenvalue weighted by Crippen LogP contribution is 2.45. The van der Waals surface area contributed by atoms with Crippen LogP contribution in [0.2, 0.25) is 0 Å². The number of hydrogen-bond donors (Lipinski definition) is 0. The Kier molecular flexibility index (Phi) is 11.1. The van der Waals surface area contributed by atoms with Gasteiger partial charge in [-0.3, -0.25) is 4.98 Å². The molecule has 446 valence electrons. The maximum Gasteiger partial charge on any atom is 0.0787 e. The van der Waals surface area contributed by atoms with E-state index in [4.69, 9.17) is 4.98 Å². The minimum atomic E-state index is 0.912. The highest BCUT2D eigenvalue weighted by molar-refractivity contribution is 6.27. The molecule has 0 saturated carbocycles. The van der Waals surface area contributed by atoms with Gasteiger partial charge in [0.1, 0.15) is 0 Å². The number of para-hydroxylation sites is 10. The molecule has 0 unspecified atom stereocenters. The third-order valence-corrected chi connectivity index (χ3v) is 20.4. The van der Waals surface area contributed by atoms with Gasteiger partial charge in [0.25, 0.3) is 0 Å². The van der Waals surface area contributed by atoms with Crippen molar-refractivity contribution < 1.29 is 0 Å². The molecule has 21 rings (SSSR count). The van der Waals surface area contributed by atoms with Crippen molar-refractivity contribution in [3.8, 4) is 34.1 Å². The highest BCUT2D eigenvalue weighted by atomic mass is 15.1. The van der Waals surface area contributed by atoms with Crippen LogP contribution in [0.5, 0.6) is 0 Å². The lowest BCUT2D eigenvalue weighted by Crippen LogP contribution is -2.08. The van der Waals surface area contributed by atoms with Crippen molar-refractivity contribution in [2.45, 2.75) is 0 Å². The topological polar surface area (TPSA) is 42.5 Å². The summed E-state index contributed by atoms with van der Waals surface area (Å²) in [4.78, 5) is 5.54. The molecule has 96 heavy (non-hydrogen) atoms. The number of hydrogen-bond acceptors (Lipinski definition) is 1. The molecule has 0 spiro atoms. The summed E-state index contributed by atoms with van der Waals surface area (Å²) in [6.45, 7) is 0. The third kappa shape index (κ3) is 7.50. The Hall–Kier alpha value is -13.0. The van der Waals surface area contributed by atoms with Gasteiger partial charge in [-0.1, -0.05) is 176 Å². The Morgan fingerprint density at radius 1 is 0.146 bits per heavy atom. The van der Waals surface area contributed by atoms with Crippen LogP contribution in [0.3, 0.4) is 0 Å². The Morgan fingerprint density at radius 3 is 0.812 bits per heavy atom. The van der Waals surface area contributed by atoms with E-state index in [1.165, 1.54) is 65.2 Å². The molecule has 0 amide bonds. The first-order valence-electron chi connectivity index (χ1n) is 32.9. The van der Waals surface area contributed by atoms with Gasteiger partial charge in [-0.05, 0) is 179 Å². The van der Waals surface area contributed by atoms with Gasteiger partial charge in [0, 0.05) is 94.2 Å². The number of fused-ring (bicyclic) bond motifs is 22. The van der Waals surface area contributed by atoms with Crippen molar-refractivity contribution in [3.05, 3.63) is 334 Å². The lowest BCUT2D eigenvalue weighted by atomic mass is 9.95. The summed E-state index contributed by atoms with van der Waals surface area (Å²) in [5.41, 5.74) is 21.1. The van der Waals surface area contributed by atoms with E-state index < -0.39 is 0 Å². The molecule has 0 aliphatic rings. The summed E-state index contributed by atoms with van der Waals surface area (Å²) in [5, 5.41) is 17.4. The number of benzene rings is 14. The highest BCUT2D eigenvalue weighted by Gasteiger charge is 2.23. The fraction of sp³-hybridized carbons (Fsp3) is 0. The lowest BCUT2D eigenvalue weighted by molar-refractivity contribution is 1.09. The fourth-order valence-electron chi connectivity index (χ4n) is 16.4. The zero-order valence-electron chi connectivity index (χ0n) is 51.9. The van der Waals surface area contributed by atoms with Gasteiger partial charge in [-0.15, -0.1) is 0 Å². The summed E-state index contributed by atoms with van der Waals surface area (Å²) >= 11 is 0. The molecule has 0 radical (unpaired) electrons. The lowest BCUT2D eigenvalue weighted by Gasteiger charge is -2.23. The maximum absolute atomic E-state index is 5.54. The van der Waals surface area contributed by atoms with Gasteiger partial charge in [0.05, 0.1) is 71.7 Å². The molecular formula is C89H55N7. The molecule has 0 fully saturated rings. The molecular weight excluding hydrogens is 1170 g/mol. The van der Waals surface area contributed by atoms with Crippen molar-refractivity contribution >= 4 is 153 Å². The van der Waals surface area contributed by atoms with E-state index in [0.717, 1.165) is 121 Å². The molecule has 21 aromatic rings. The Balaban J connectivity index is 0.875. The zero-order valence-corrected chi connectivity index (χ0v) is 51.9. The Labute approximate surface area is 549 Å². The monoisotopic (exact) mass is 1220 g/mol. The van der Waals surface area contributed by atoms with Gasteiger partial charge in [-0.25, -0.2) is 0 Å². The van der Waals surface area contributed by atoms with Crippen molar-refractivity contribution in [1.82, 2.24) is 32.4 Å². The molecule has 7 nitrogen and oxygen atoms in total. The van der Waals surface area contributed by atoms with E-state index in [2.05, 4.69) is 355 Å². The molecule has 0 aliphatic heterocycles. The van der Waals surface area contributed by atoms with Gasteiger partial charge in [0.15, 0.2) is 0 Å². The van der Waals surface area contributed by atoms with E-state index in [1.54, 1.807) is 0 Å². The van der Waals surface area contributed by atoms with Crippen LogP contribution in [0.1, 0.15) is 0 Å². The second kappa shape index (κ2) is 20.3. The van der Waals surface area contributed by atoms with Crippen LogP contribution in [0.15, 0.2) is 334 Å². The SMILES string of the molecule is c1ccc(-n2c3ccccc3n(-c3ccccc3)c3cc4c(cc32)c2cc(-n3c5ccccc5c5cc(-n6c7ccccc7c7ccccc76)ccc53)ccc2c2ccc(-n3c5ccccc5c5cc(-n6c7ccccc7c7ccccc76)ccc53)cc2c2cccnc24)cc1. The second-order valence-electron chi connectivity index (χ2n) is 25.4. The number of rotatable bonds is 6. The minimum Gasteiger partial charge on any atom is -0.309 e. The molecule has 0 aliphatic carbocycles. The molecule has 7 heteroatoms. The summed E-state index contributed by atoms with van der Waals surface area (Å²) in [6, 6.07) is 121. The molecule has 0 atom stereocenters. The molecule has 15 aromatic carbocycles. The normalized spacial score (nSPS) is 12.2. The van der Waals surface area contributed by atoms with Crippen LogP contribution in [-0.4, -0.2) is 32.4 Å². The summed E-state index contributed by atoms with van der Waals surface area (Å²) in [5.74, 6) is 0. The average molecular weight is 1220 g/mol. The summed E-state index contributed by atoms with van der Waals surface area (Å²) < 4.78 is 14.7. The quantitative estimate of drug-likeness (QED) is 0.153. The molecule has 0 N–H and O–H groups in total. The van der Waals surface area contributed by atoms with Crippen molar-refractivity contribution in [1.29, 1.82) is 0 Å². The van der Waals surface area contributed by atoms with Gasteiger partial charge in [0.2, 0.25) is 0 Å². The van der Waals surface area contributed by atoms with Gasteiger partial charge in [-0.2, -0.15) is 0 Å². The van der Waals surface area contributed by atoms with Crippen LogP contribution >= 0.6 is 0 Å². The van der Waals surface area contributed by atoms with Gasteiger partial charge < -0.3 is 27.4 Å². The van der Waals surface area contributed by atoms with Crippen LogP contribution < -0.4 is 0 Å². The van der Waals surface area contributed by atoms with Crippen molar-refractivity contribution in [2.75, 3.05) is 0 Å². The Bertz CT molecular complexity index is 6840. The maximum atomic E-state index is 5.54. The number of nitrogens with zero attached hydrogens (tertiary/aromatic N) is 7. The third-order valence-electron chi connectivity index (χ3n) is 20.4. The standard InChI is InChI=1S/C89H55N7/c1-3-22-56(23-4-1)91-85-39-19-20-40-86(85)92(57-24-5-2-6-25-57)88-55-76-73(54-87(88)91)72-51-59(96-82-38-18-12-31-69(82)75-53-61(44-48-84(75)96)94-79-35-15-9-28-66(79)67-29-10-16-36-80(67)94)42-46-63(72)62-45-41-58(50-71(62)70-32-21-49-90-89(70)76)95-81-37-17-11-30-68(81)74-52-60(43-47-83(74)95)93-77-33-13-7-26-64(77)65-27-8-14-34-78(65)93/h1-55H. The largest absolute Gasteiger partial charge is 0.309 e. The average Bonchev–Trinajstić information content (AvgIpc) is 0.748. The van der Waals surface area contributed by atoms with E-state index >= 15 is 0 Å². The predicted molar refractivity (Wildman–Crippen MR) is 403 cm³/mol. The van der Waals surface area contributed by atoms with Crippen LogP contribution in [0.4, 0.5) is 0 Å². The molecule has 6 aromatic heterocycles. The van der Waals surface area contributed by atoms with E-state index in [-0.39, 0.29) is 0 Å². The smallest absolute Gasteiger partial charge is 0.0787 e.